The average Bonchev–Trinajstić information content (AvgIpc) is 2.27. The number of rotatable bonds is 8. The first-order valence-electron chi connectivity index (χ1n) is 5.45. The number of carbonyl (C=O) groups is 2. The lowest BCUT2D eigenvalue weighted by molar-refractivity contribution is -0.144. The van der Waals surface area contributed by atoms with E-state index >= 15 is 0 Å². The van der Waals surface area contributed by atoms with Crippen molar-refractivity contribution in [1.29, 1.82) is 0 Å². The van der Waals surface area contributed by atoms with Crippen molar-refractivity contribution in [3.63, 3.8) is 0 Å². The zero-order valence-corrected chi connectivity index (χ0v) is 11.6. The third-order valence-electron chi connectivity index (χ3n) is 2.03. The lowest BCUT2D eigenvalue weighted by atomic mass is 10.2. The highest BCUT2D eigenvalue weighted by Gasteiger charge is 2.14. The predicted molar refractivity (Wildman–Crippen MR) is 68.0 cm³/mol. The Morgan fingerprint density at radius 1 is 1.29 bits per heavy atom. The molecule has 0 fully saturated rings. The van der Waals surface area contributed by atoms with Gasteiger partial charge in [-0.1, -0.05) is 6.92 Å². The van der Waals surface area contributed by atoms with E-state index in [2.05, 4.69) is 10.1 Å². The highest BCUT2D eigenvalue weighted by atomic mass is 32.2. The van der Waals surface area contributed by atoms with Crippen LogP contribution in [0.4, 0.5) is 0 Å². The Morgan fingerprint density at radius 3 is 2.47 bits per heavy atom. The molecule has 1 N–H and O–H groups in total. The van der Waals surface area contributed by atoms with Gasteiger partial charge in [0.1, 0.15) is 0 Å². The topological polar surface area (TPSA) is 64.6 Å². The first-order chi connectivity index (χ1) is 8.01. The van der Waals surface area contributed by atoms with Crippen molar-refractivity contribution >= 4 is 23.6 Å². The zero-order valence-electron chi connectivity index (χ0n) is 10.8. The van der Waals surface area contributed by atoms with Crippen LogP contribution in [0.2, 0.25) is 0 Å². The number of hydrogen-bond acceptors (Lipinski definition) is 5. The lowest BCUT2D eigenvalue weighted by Crippen LogP contribution is -2.36. The van der Waals surface area contributed by atoms with Crippen LogP contribution < -0.4 is 5.32 Å². The molecule has 0 spiro atoms. The van der Waals surface area contributed by atoms with Gasteiger partial charge in [-0.25, -0.2) is 0 Å². The molecule has 2 unspecified atom stereocenters. The van der Waals surface area contributed by atoms with Crippen molar-refractivity contribution in [1.82, 2.24) is 5.32 Å². The Hall–Kier alpha value is -0.750. The maximum absolute atomic E-state index is 11.4. The molecule has 0 aromatic heterocycles. The highest BCUT2D eigenvalue weighted by Crippen LogP contribution is 2.09. The number of hydrogen-bond donors (Lipinski definition) is 1. The van der Waals surface area contributed by atoms with Gasteiger partial charge in [0.2, 0.25) is 5.91 Å². The van der Waals surface area contributed by atoms with E-state index in [1.807, 2.05) is 6.92 Å². The summed E-state index contributed by atoms with van der Waals surface area (Å²) in [5.41, 5.74) is 0. The van der Waals surface area contributed by atoms with Crippen LogP contribution in [0.1, 0.15) is 13.8 Å². The Kier molecular flexibility index (Phi) is 8.89. The first-order valence-corrected chi connectivity index (χ1v) is 6.60. The summed E-state index contributed by atoms with van der Waals surface area (Å²) >= 11 is 1.42. The molecular weight excluding hydrogens is 242 g/mol. The second-order valence-electron chi connectivity index (χ2n) is 3.86. The number of thioether (sulfide) groups is 1. The van der Waals surface area contributed by atoms with Crippen LogP contribution >= 0.6 is 11.8 Å². The summed E-state index contributed by atoms with van der Waals surface area (Å²) in [6, 6.07) is 0.00568. The molecule has 1 amide bonds. The van der Waals surface area contributed by atoms with Gasteiger partial charge in [-0.15, -0.1) is 0 Å². The van der Waals surface area contributed by atoms with E-state index in [9.17, 15) is 9.59 Å². The third-order valence-corrected chi connectivity index (χ3v) is 3.23. The van der Waals surface area contributed by atoms with Crippen LogP contribution in [0.3, 0.4) is 0 Å². The standard InChI is InChI=1S/C11H21NO4S/c1-8(11(14)16-4)6-17-7-10(13)12-9(2)5-15-3/h8-9H,5-7H2,1-4H3,(H,12,13). The molecule has 6 heteroatoms. The molecule has 0 heterocycles. The summed E-state index contributed by atoms with van der Waals surface area (Å²) in [6.07, 6.45) is 0. The minimum absolute atomic E-state index is 0.00568. The molecule has 0 aliphatic heterocycles. The summed E-state index contributed by atoms with van der Waals surface area (Å²) in [7, 11) is 2.96. The summed E-state index contributed by atoms with van der Waals surface area (Å²) in [5, 5.41) is 2.80. The smallest absolute Gasteiger partial charge is 0.309 e. The molecule has 0 aromatic rings. The van der Waals surface area contributed by atoms with Crippen molar-refractivity contribution in [3.8, 4) is 0 Å². The number of esters is 1. The van der Waals surface area contributed by atoms with Crippen LogP contribution in [0.5, 0.6) is 0 Å². The Labute approximate surface area is 107 Å². The number of methoxy groups -OCH3 is 2. The molecule has 0 rings (SSSR count). The number of amides is 1. The first kappa shape index (κ1) is 16.2. The minimum atomic E-state index is -0.245. The van der Waals surface area contributed by atoms with E-state index in [0.717, 1.165) is 0 Å². The molecule has 0 saturated heterocycles. The third kappa shape index (κ3) is 8.04. The molecule has 17 heavy (non-hydrogen) atoms. The normalized spacial score (nSPS) is 13.9. The summed E-state index contributed by atoms with van der Waals surface area (Å²) in [5.74, 6) is 0.449. The van der Waals surface area contributed by atoms with E-state index in [-0.39, 0.29) is 23.8 Å². The van der Waals surface area contributed by atoms with Crippen LogP contribution in [0.15, 0.2) is 0 Å². The summed E-state index contributed by atoms with van der Waals surface area (Å²) < 4.78 is 9.51. The molecule has 0 aliphatic carbocycles. The summed E-state index contributed by atoms with van der Waals surface area (Å²) in [6.45, 7) is 4.16. The van der Waals surface area contributed by atoms with E-state index in [1.165, 1.54) is 18.9 Å². The van der Waals surface area contributed by atoms with Gasteiger partial charge >= 0.3 is 5.97 Å². The van der Waals surface area contributed by atoms with Crippen molar-refractivity contribution in [2.24, 2.45) is 5.92 Å². The van der Waals surface area contributed by atoms with Gasteiger partial charge in [-0.3, -0.25) is 9.59 Å². The quantitative estimate of drug-likeness (QED) is 0.652. The van der Waals surface area contributed by atoms with Gasteiger partial charge in [-0.2, -0.15) is 11.8 Å². The fourth-order valence-electron chi connectivity index (χ4n) is 1.21. The lowest BCUT2D eigenvalue weighted by Gasteiger charge is -2.13. The Balaban J connectivity index is 3.67. The highest BCUT2D eigenvalue weighted by molar-refractivity contribution is 7.99. The van der Waals surface area contributed by atoms with Gasteiger partial charge < -0.3 is 14.8 Å². The average molecular weight is 263 g/mol. The van der Waals surface area contributed by atoms with Crippen LogP contribution in [-0.4, -0.2) is 50.3 Å². The van der Waals surface area contributed by atoms with E-state index in [4.69, 9.17) is 4.74 Å². The Bertz CT molecular complexity index is 248. The van der Waals surface area contributed by atoms with Crippen LogP contribution in [0.25, 0.3) is 0 Å². The maximum atomic E-state index is 11.4. The van der Waals surface area contributed by atoms with E-state index in [0.29, 0.717) is 18.1 Å². The monoisotopic (exact) mass is 263 g/mol. The second kappa shape index (κ2) is 9.30. The van der Waals surface area contributed by atoms with Crippen LogP contribution in [0, 0.1) is 5.92 Å². The second-order valence-corrected chi connectivity index (χ2v) is 4.89. The summed E-state index contributed by atoms with van der Waals surface area (Å²) in [4.78, 5) is 22.5. The molecule has 0 aliphatic rings. The molecule has 0 saturated carbocycles. The van der Waals surface area contributed by atoms with Crippen LogP contribution in [-0.2, 0) is 19.1 Å². The van der Waals surface area contributed by atoms with E-state index in [1.54, 1.807) is 14.0 Å². The fraction of sp³-hybridized carbons (Fsp3) is 0.818. The molecule has 5 nitrogen and oxygen atoms in total. The number of ether oxygens (including phenoxy) is 2. The van der Waals surface area contributed by atoms with Gasteiger partial charge in [0, 0.05) is 18.9 Å². The zero-order chi connectivity index (χ0) is 13.3. The predicted octanol–water partition coefficient (Wildman–Crippen LogP) is 0.680. The SMILES string of the molecule is COCC(C)NC(=O)CSCC(C)C(=O)OC. The van der Waals surface area contributed by atoms with Crippen molar-refractivity contribution in [3.05, 3.63) is 0 Å². The number of carbonyl (C=O) groups excluding carboxylic acids is 2. The number of nitrogens with one attached hydrogen (secondary N) is 1. The fourth-order valence-corrected chi connectivity index (χ4v) is 2.08. The molecule has 0 aromatic carbocycles. The molecule has 0 bridgehead atoms. The molecule has 100 valence electrons. The maximum Gasteiger partial charge on any atom is 0.309 e. The van der Waals surface area contributed by atoms with Gasteiger partial charge in [0.15, 0.2) is 0 Å². The van der Waals surface area contributed by atoms with Gasteiger partial charge in [0.25, 0.3) is 0 Å². The van der Waals surface area contributed by atoms with Crippen molar-refractivity contribution < 1.29 is 19.1 Å². The van der Waals surface area contributed by atoms with E-state index < -0.39 is 0 Å². The molecule has 0 radical (unpaired) electrons. The van der Waals surface area contributed by atoms with Gasteiger partial charge in [-0.05, 0) is 6.92 Å². The van der Waals surface area contributed by atoms with Gasteiger partial charge in [0.05, 0.1) is 25.4 Å². The largest absolute Gasteiger partial charge is 0.469 e. The minimum Gasteiger partial charge on any atom is -0.469 e. The molecule has 2 atom stereocenters. The van der Waals surface area contributed by atoms with Crippen molar-refractivity contribution in [2.45, 2.75) is 19.9 Å². The Morgan fingerprint density at radius 2 is 1.94 bits per heavy atom. The van der Waals surface area contributed by atoms with Crippen molar-refractivity contribution in [2.75, 3.05) is 32.3 Å². The molecular formula is C11H21NO4S.